The molecule has 33 heavy (non-hydrogen) atoms. The predicted octanol–water partition coefficient (Wildman–Crippen LogP) is 3.67. The highest BCUT2D eigenvalue weighted by atomic mass is 32.2. The standard InChI is InChI=1S/C21H19F3N4O4S/c1-2-31-17-8-13(10-25-28-20-27-19(30)12-33-20)6-7-16(17)32-11-18(29)26-15-5-3-4-14(9-15)21(22,23)24/h3-10H,2,11-12H2,1H3,(H,26,29)(H,27,28,30). The van der Waals surface area contributed by atoms with Gasteiger partial charge in [0.2, 0.25) is 5.91 Å². The Balaban J connectivity index is 1.62. The van der Waals surface area contributed by atoms with Gasteiger partial charge in [-0.1, -0.05) is 17.8 Å². The Morgan fingerprint density at radius 1 is 1.21 bits per heavy atom. The molecule has 1 aliphatic heterocycles. The van der Waals surface area contributed by atoms with Gasteiger partial charge in [0.15, 0.2) is 23.3 Å². The summed E-state index contributed by atoms with van der Waals surface area (Å²) in [6.45, 7) is 1.67. The Labute approximate surface area is 191 Å². The fourth-order valence-corrected chi connectivity index (χ4v) is 3.26. The first-order valence-corrected chi connectivity index (χ1v) is 10.6. The number of carbonyl (C=O) groups excluding carboxylic acids is 2. The van der Waals surface area contributed by atoms with Gasteiger partial charge in [0.05, 0.1) is 24.1 Å². The maximum absolute atomic E-state index is 12.8. The number of carbonyl (C=O) groups is 2. The summed E-state index contributed by atoms with van der Waals surface area (Å²) in [5.74, 6) is 0.166. The van der Waals surface area contributed by atoms with Gasteiger partial charge in [0.1, 0.15) is 0 Å². The van der Waals surface area contributed by atoms with Crippen LogP contribution < -0.4 is 20.1 Å². The van der Waals surface area contributed by atoms with Crippen molar-refractivity contribution in [2.75, 3.05) is 24.3 Å². The van der Waals surface area contributed by atoms with E-state index in [2.05, 4.69) is 20.8 Å². The van der Waals surface area contributed by atoms with Crippen molar-refractivity contribution in [2.24, 2.45) is 10.2 Å². The Morgan fingerprint density at radius 2 is 2.03 bits per heavy atom. The number of halogens is 3. The lowest BCUT2D eigenvalue weighted by molar-refractivity contribution is -0.137. The molecule has 1 heterocycles. The highest BCUT2D eigenvalue weighted by Gasteiger charge is 2.30. The third-order valence-corrected chi connectivity index (χ3v) is 4.91. The summed E-state index contributed by atoms with van der Waals surface area (Å²) in [6.07, 6.45) is -3.05. The number of hydrogen-bond acceptors (Lipinski definition) is 7. The van der Waals surface area contributed by atoms with Gasteiger partial charge < -0.3 is 20.1 Å². The molecule has 0 spiro atoms. The van der Waals surface area contributed by atoms with Crippen molar-refractivity contribution in [3.8, 4) is 11.5 Å². The molecule has 0 aromatic heterocycles. The van der Waals surface area contributed by atoms with E-state index in [0.717, 1.165) is 12.1 Å². The van der Waals surface area contributed by atoms with E-state index < -0.39 is 24.3 Å². The number of benzene rings is 2. The quantitative estimate of drug-likeness (QED) is 0.444. The number of nitrogens with one attached hydrogen (secondary N) is 2. The van der Waals surface area contributed by atoms with Gasteiger partial charge in [-0.25, -0.2) is 0 Å². The van der Waals surface area contributed by atoms with Gasteiger partial charge in [-0.2, -0.15) is 18.3 Å². The van der Waals surface area contributed by atoms with Crippen LogP contribution in [0, 0.1) is 0 Å². The second-order valence-electron chi connectivity index (χ2n) is 6.54. The molecule has 174 valence electrons. The molecule has 12 heteroatoms. The van der Waals surface area contributed by atoms with Gasteiger partial charge in [-0.05, 0) is 48.9 Å². The second kappa shape index (κ2) is 10.9. The van der Waals surface area contributed by atoms with Crippen molar-refractivity contribution in [3.63, 3.8) is 0 Å². The van der Waals surface area contributed by atoms with E-state index in [9.17, 15) is 22.8 Å². The summed E-state index contributed by atoms with van der Waals surface area (Å²) in [4.78, 5) is 23.3. The third-order valence-electron chi connectivity index (χ3n) is 4.04. The minimum absolute atomic E-state index is 0.00764. The Kier molecular flexibility index (Phi) is 7.93. The zero-order valence-corrected chi connectivity index (χ0v) is 18.1. The summed E-state index contributed by atoms with van der Waals surface area (Å²) in [5, 5.41) is 13.2. The summed E-state index contributed by atoms with van der Waals surface area (Å²) in [5.41, 5.74) is -0.220. The summed E-state index contributed by atoms with van der Waals surface area (Å²) in [6, 6.07) is 9.18. The normalized spacial score (nSPS) is 15.0. The van der Waals surface area contributed by atoms with Gasteiger partial charge in [-0.15, -0.1) is 5.10 Å². The summed E-state index contributed by atoms with van der Waals surface area (Å²) in [7, 11) is 0. The van der Waals surface area contributed by atoms with Crippen LogP contribution in [0.1, 0.15) is 18.1 Å². The van der Waals surface area contributed by atoms with Crippen molar-refractivity contribution in [3.05, 3.63) is 53.6 Å². The fourth-order valence-electron chi connectivity index (χ4n) is 2.63. The molecular formula is C21H19F3N4O4S. The highest BCUT2D eigenvalue weighted by molar-refractivity contribution is 8.15. The van der Waals surface area contributed by atoms with Crippen LogP contribution in [0.5, 0.6) is 11.5 Å². The minimum Gasteiger partial charge on any atom is -0.490 e. The largest absolute Gasteiger partial charge is 0.490 e. The molecule has 1 aliphatic rings. The van der Waals surface area contributed by atoms with Crippen molar-refractivity contribution in [2.45, 2.75) is 13.1 Å². The zero-order chi connectivity index (χ0) is 23.8. The van der Waals surface area contributed by atoms with Gasteiger partial charge in [0, 0.05) is 5.69 Å². The smallest absolute Gasteiger partial charge is 0.416 e. The highest BCUT2D eigenvalue weighted by Crippen LogP contribution is 2.31. The molecule has 0 aliphatic carbocycles. The van der Waals surface area contributed by atoms with Crippen LogP contribution in [0.4, 0.5) is 18.9 Å². The van der Waals surface area contributed by atoms with Crippen LogP contribution in [-0.4, -0.2) is 42.2 Å². The van der Waals surface area contributed by atoms with E-state index >= 15 is 0 Å². The lowest BCUT2D eigenvalue weighted by Crippen LogP contribution is -2.20. The number of anilines is 1. The molecule has 1 fully saturated rings. The van der Waals surface area contributed by atoms with E-state index in [0.29, 0.717) is 28.8 Å². The maximum Gasteiger partial charge on any atom is 0.416 e. The zero-order valence-electron chi connectivity index (χ0n) is 17.3. The molecular weight excluding hydrogens is 461 g/mol. The van der Waals surface area contributed by atoms with Crippen molar-refractivity contribution < 1.29 is 32.2 Å². The molecule has 2 N–H and O–H groups in total. The van der Waals surface area contributed by atoms with Crippen LogP contribution in [-0.2, 0) is 15.8 Å². The second-order valence-corrected chi connectivity index (χ2v) is 7.51. The number of hydrogen-bond donors (Lipinski definition) is 2. The molecule has 0 unspecified atom stereocenters. The molecule has 0 bridgehead atoms. The monoisotopic (exact) mass is 480 g/mol. The van der Waals surface area contributed by atoms with E-state index in [1.807, 2.05) is 0 Å². The minimum atomic E-state index is -4.51. The average Bonchev–Trinajstić information content (AvgIpc) is 3.18. The summed E-state index contributed by atoms with van der Waals surface area (Å²) >= 11 is 1.25. The lowest BCUT2D eigenvalue weighted by atomic mass is 10.2. The predicted molar refractivity (Wildman–Crippen MR) is 119 cm³/mol. The maximum atomic E-state index is 12.8. The van der Waals surface area contributed by atoms with Crippen LogP contribution in [0.2, 0.25) is 0 Å². The van der Waals surface area contributed by atoms with Crippen LogP contribution >= 0.6 is 11.8 Å². The number of amides is 2. The Morgan fingerprint density at radius 3 is 2.73 bits per heavy atom. The Hall–Kier alpha value is -3.54. The number of alkyl halides is 3. The van der Waals surface area contributed by atoms with E-state index in [-0.39, 0.29) is 17.3 Å². The topological polar surface area (TPSA) is 101 Å². The first kappa shape index (κ1) is 24.1. The fraction of sp³-hybridized carbons (Fsp3) is 0.238. The third kappa shape index (κ3) is 7.24. The number of amidine groups is 1. The first-order valence-electron chi connectivity index (χ1n) is 9.65. The molecule has 3 rings (SSSR count). The SMILES string of the molecule is CCOc1cc(C=NN=C2NC(=O)CS2)ccc1OCC(=O)Nc1cccc(C(F)(F)F)c1. The number of nitrogens with zero attached hydrogens (tertiary/aromatic N) is 2. The van der Waals surface area contributed by atoms with Crippen molar-refractivity contribution >= 4 is 40.6 Å². The Bertz CT molecular complexity index is 1090. The van der Waals surface area contributed by atoms with Gasteiger partial charge in [-0.3, -0.25) is 9.59 Å². The van der Waals surface area contributed by atoms with Gasteiger partial charge in [0.25, 0.3) is 5.91 Å². The van der Waals surface area contributed by atoms with Crippen LogP contribution in [0.15, 0.2) is 52.7 Å². The lowest BCUT2D eigenvalue weighted by Gasteiger charge is -2.13. The first-order chi connectivity index (χ1) is 15.7. The molecule has 0 saturated carbocycles. The number of rotatable bonds is 8. The van der Waals surface area contributed by atoms with Crippen molar-refractivity contribution in [1.82, 2.24) is 5.32 Å². The summed E-state index contributed by atoms with van der Waals surface area (Å²) < 4.78 is 49.5. The molecule has 2 aromatic rings. The molecule has 0 radical (unpaired) electrons. The average molecular weight is 480 g/mol. The molecule has 2 amide bonds. The number of ether oxygens (including phenoxy) is 2. The molecule has 2 aromatic carbocycles. The molecule has 8 nitrogen and oxygen atoms in total. The van der Waals surface area contributed by atoms with Gasteiger partial charge >= 0.3 is 6.18 Å². The van der Waals surface area contributed by atoms with Crippen LogP contribution in [0.25, 0.3) is 0 Å². The van der Waals surface area contributed by atoms with E-state index in [4.69, 9.17) is 9.47 Å². The number of thioether (sulfide) groups is 1. The van der Waals surface area contributed by atoms with Crippen molar-refractivity contribution in [1.29, 1.82) is 0 Å². The van der Waals surface area contributed by atoms with E-state index in [1.54, 1.807) is 25.1 Å². The van der Waals surface area contributed by atoms with Crippen LogP contribution in [0.3, 0.4) is 0 Å². The van der Waals surface area contributed by atoms with E-state index in [1.165, 1.54) is 30.1 Å². The molecule has 0 atom stereocenters. The molecule has 1 saturated heterocycles.